The normalized spacial score (nSPS) is 18.1. The Morgan fingerprint density at radius 3 is 2.67 bits per heavy atom. The van der Waals surface area contributed by atoms with Gasteiger partial charge in [0.15, 0.2) is 5.60 Å². The molecule has 21 heavy (non-hydrogen) atoms. The van der Waals surface area contributed by atoms with Crippen LogP contribution in [0.2, 0.25) is 0 Å². The van der Waals surface area contributed by atoms with E-state index in [2.05, 4.69) is 13.8 Å². The Morgan fingerprint density at radius 1 is 1.33 bits per heavy atom. The van der Waals surface area contributed by atoms with Crippen LogP contribution in [0.25, 0.3) is 0 Å². The topological polar surface area (TPSA) is 55.6 Å². The third-order valence-electron chi connectivity index (χ3n) is 4.00. The SMILES string of the molecule is CCCCN1C(=O)C(C)(C)Oc2ccc(C(N)CC)cc21. The third-order valence-corrected chi connectivity index (χ3v) is 4.00. The zero-order valence-corrected chi connectivity index (χ0v) is 13.5. The lowest BCUT2D eigenvalue weighted by Gasteiger charge is -2.39. The van der Waals surface area contributed by atoms with E-state index in [4.69, 9.17) is 10.5 Å². The summed E-state index contributed by atoms with van der Waals surface area (Å²) >= 11 is 0. The van der Waals surface area contributed by atoms with E-state index in [-0.39, 0.29) is 11.9 Å². The number of ether oxygens (including phenoxy) is 1. The molecule has 0 aliphatic carbocycles. The summed E-state index contributed by atoms with van der Waals surface area (Å²) in [7, 11) is 0. The van der Waals surface area contributed by atoms with Gasteiger partial charge in [0.2, 0.25) is 0 Å². The maximum atomic E-state index is 12.6. The Kier molecular flexibility index (Phi) is 4.57. The molecular weight excluding hydrogens is 264 g/mol. The van der Waals surface area contributed by atoms with Gasteiger partial charge >= 0.3 is 0 Å². The zero-order valence-electron chi connectivity index (χ0n) is 13.5. The summed E-state index contributed by atoms with van der Waals surface area (Å²) in [6, 6.07) is 5.93. The molecule has 1 atom stereocenters. The molecule has 2 rings (SSSR count). The van der Waals surface area contributed by atoms with Crippen molar-refractivity contribution < 1.29 is 9.53 Å². The number of benzene rings is 1. The summed E-state index contributed by atoms with van der Waals surface area (Å²) in [6.45, 7) is 8.55. The Bertz CT molecular complexity index is 526. The fraction of sp³-hybridized carbons (Fsp3) is 0.588. The number of carbonyl (C=O) groups is 1. The third kappa shape index (κ3) is 3.05. The molecule has 0 fully saturated rings. The minimum atomic E-state index is -0.810. The number of anilines is 1. The molecule has 2 N–H and O–H groups in total. The molecule has 116 valence electrons. The Hall–Kier alpha value is -1.55. The lowest BCUT2D eigenvalue weighted by molar-refractivity contribution is -0.132. The number of fused-ring (bicyclic) bond motifs is 1. The van der Waals surface area contributed by atoms with E-state index in [0.29, 0.717) is 0 Å². The first-order valence-corrected chi connectivity index (χ1v) is 7.81. The van der Waals surface area contributed by atoms with Crippen LogP contribution >= 0.6 is 0 Å². The van der Waals surface area contributed by atoms with E-state index in [9.17, 15) is 4.79 Å². The van der Waals surface area contributed by atoms with Crippen molar-refractivity contribution in [3.05, 3.63) is 23.8 Å². The van der Waals surface area contributed by atoms with Crippen LogP contribution in [0, 0.1) is 0 Å². The smallest absolute Gasteiger partial charge is 0.270 e. The lowest BCUT2D eigenvalue weighted by atomic mass is 9.99. The van der Waals surface area contributed by atoms with Gasteiger partial charge in [-0.25, -0.2) is 0 Å². The number of nitrogens with two attached hydrogens (primary N) is 1. The van der Waals surface area contributed by atoms with Crippen LogP contribution < -0.4 is 15.4 Å². The molecule has 0 spiro atoms. The fourth-order valence-electron chi connectivity index (χ4n) is 2.59. The van der Waals surface area contributed by atoms with Gasteiger partial charge in [-0.3, -0.25) is 4.79 Å². The van der Waals surface area contributed by atoms with Gasteiger partial charge in [-0.05, 0) is 44.4 Å². The Morgan fingerprint density at radius 2 is 2.05 bits per heavy atom. The Balaban J connectivity index is 2.43. The first kappa shape index (κ1) is 15.8. The van der Waals surface area contributed by atoms with Gasteiger partial charge in [0.1, 0.15) is 5.75 Å². The Labute approximate surface area is 127 Å². The molecule has 0 saturated carbocycles. The largest absolute Gasteiger partial charge is 0.476 e. The van der Waals surface area contributed by atoms with Gasteiger partial charge < -0.3 is 15.4 Å². The maximum Gasteiger partial charge on any atom is 0.270 e. The molecular formula is C17H26N2O2. The minimum absolute atomic E-state index is 0.00614. The second-order valence-electron chi connectivity index (χ2n) is 6.16. The molecule has 1 aliphatic rings. The standard InChI is InChI=1S/C17H26N2O2/c1-5-7-10-19-14-11-12(13(18)6-2)8-9-15(14)21-17(3,4)16(19)20/h8-9,11,13H,5-7,10,18H2,1-4H3. The fourth-order valence-corrected chi connectivity index (χ4v) is 2.59. The van der Waals surface area contributed by atoms with E-state index in [0.717, 1.165) is 42.8 Å². The van der Waals surface area contributed by atoms with Crippen LogP contribution in [-0.4, -0.2) is 18.1 Å². The highest BCUT2D eigenvalue weighted by Crippen LogP contribution is 2.39. The van der Waals surface area contributed by atoms with Crippen molar-refractivity contribution in [3.63, 3.8) is 0 Å². The summed E-state index contributed by atoms with van der Waals surface area (Å²) < 4.78 is 5.88. The summed E-state index contributed by atoms with van der Waals surface area (Å²) in [4.78, 5) is 14.5. The van der Waals surface area contributed by atoms with Gasteiger partial charge in [0, 0.05) is 12.6 Å². The summed E-state index contributed by atoms with van der Waals surface area (Å²) in [5, 5.41) is 0. The monoisotopic (exact) mass is 290 g/mol. The van der Waals surface area contributed by atoms with Crippen LogP contribution in [0.4, 0.5) is 5.69 Å². The van der Waals surface area contributed by atoms with Crippen LogP contribution in [0.3, 0.4) is 0 Å². The van der Waals surface area contributed by atoms with Crippen molar-refractivity contribution >= 4 is 11.6 Å². The highest BCUT2D eigenvalue weighted by Gasteiger charge is 2.40. The van der Waals surface area contributed by atoms with Gasteiger partial charge in [-0.15, -0.1) is 0 Å². The molecule has 0 bridgehead atoms. The molecule has 1 aliphatic heterocycles. The van der Waals surface area contributed by atoms with Crippen molar-refractivity contribution in [2.24, 2.45) is 5.73 Å². The van der Waals surface area contributed by atoms with Crippen molar-refractivity contribution in [2.75, 3.05) is 11.4 Å². The van der Waals surface area contributed by atoms with Gasteiger partial charge in [-0.1, -0.05) is 26.3 Å². The van der Waals surface area contributed by atoms with Crippen LogP contribution in [0.5, 0.6) is 5.75 Å². The van der Waals surface area contributed by atoms with Crippen molar-refractivity contribution in [1.29, 1.82) is 0 Å². The number of amides is 1. The second kappa shape index (κ2) is 6.06. The zero-order chi connectivity index (χ0) is 15.6. The number of rotatable bonds is 5. The molecule has 1 aromatic carbocycles. The summed E-state index contributed by atoms with van der Waals surface area (Å²) in [5.41, 5.74) is 7.21. The highest BCUT2D eigenvalue weighted by molar-refractivity contribution is 6.02. The van der Waals surface area contributed by atoms with Crippen LogP contribution in [-0.2, 0) is 4.79 Å². The van der Waals surface area contributed by atoms with Crippen molar-refractivity contribution in [2.45, 2.75) is 58.6 Å². The first-order valence-electron chi connectivity index (χ1n) is 7.81. The van der Waals surface area contributed by atoms with Crippen LogP contribution in [0.15, 0.2) is 18.2 Å². The number of nitrogens with zero attached hydrogens (tertiary/aromatic N) is 1. The molecule has 0 saturated heterocycles. The average Bonchev–Trinajstić information content (AvgIpc) is 2.46. The van der Waals surface area contributed by atoms with Gasteiger partial charge in [0.25, 0.3) is 5.91 Å². The van der Waals surface area contributed by atoms with Crippen molar-refractivity contribution in [1.82, 2.24) is 0 Å². The molecule has 0 aromatic heterocycles. The summed E-state index contributed by atoms with van der Waals surface area (Å²) in [5.74, 6) is 0.786. The summed E-state index contributed by atoms with van der Waals surface area (Å²) in [6.07, 6.45) is 2.90. The number of unbranched alkanes of at least 4 members (excludes halogenated alkanes) is 1. The van der Waals surface area contributed by atoms with Gasteiger partial charge in [0.05, 0.1) is 5.69 Å². The van der Waals surface area contributed by atoms with E-state index in [1.54, 1.807) is 0 Å². The number of hydrogen-bond donors (Lipinski definition) is 1. The van der Waals surface area contributed by atoms with Crippen LogP contribution in [0.1, 0.15) is 58.6 Å². The molecule has 1 unspecified atom stereocenters. The van der Waals surface area contributed by atoms with Gasteiger partial charge in [-0.2, -0.15) is 0 Å². The van der Waals surface area contributed by atoms with E-state index < -0.39 is 5.60 Å². The number of carbonyl (C=O) groups excluding carboxylic acids is 1. The van der Waals surface area contributed by atoms with E-state index >= 15 is 0 Å². The predicted molar refractivity (Wildman–Crippen MR) is 85.6 cm³/mol. The minimum Gasteiger partial charge on any atom is -0.476 e. The quantitative estimate of drug-likeness (QED) is 0.904. The highest BCUT2D eigenvalue weighted by atomic mass is 16.5. The lowest BCUT2D eigenvalue weighted by Crippen LogP contribution is -2.52. The molecule has 4 heteroatoms. The maximum absolute atomic E-state index is 12.6. The predicted octanol–water partition coefficient (Wildman–Crippen LogP) is 3.40. The molecule has 1 heterocycles. The van der Waals surface area contributed by atoms with E-state index in [1.165, 1.54) is 0 Å². The average molecular weight is 290 g/mol. The first-order chi connectivity index (χ1) is 9.90. The van der Waals surface area contributed by atoms with Crippen molar-refractivity contribution in [3.8, 4) is 5.75 Å². The second-order valence-corrected chi connectivity index (χ2v) is 6.16. The molecule has 4 nitrogen and oxygen atoms in total. The molecule has 0 radical (unpaired) electrons. The molecule has 1 aromatic rings. The number of hydrogen-bond acceptors (Lipinski definition) is 3. The molecule has 1 amide bonds. The van der Waals surface area contributed by atoms with E-state index in [1.807, 2.05) is 36.9 Å².